The van der Waals surface area contributed by atoms with Crippen LogP contribution in [0.5, 0.6) is 11.5 Å². The molecule has 0 atom stereocenters. The summed E-state index contributed by atoms with van der Waals surface area (Å²) >= 11 is 0. The lowest BCUT2D eigenvalue weighted by atomic mass is 9.86. The first-order valence-corrected chi connectivity index (χ1v) is 15.6. The van der Waals surface area contributed by atoms with Gasteiger partial charge in [-0.1, -0.05) is 68.2 Å². The van der Waals surface area contributed by atoms with Crippen molar-refractivity contribution in [3.63, 3.8) is 0 Å². The minimum Gasteiger partial charge on any atom is -0.489 e. The molecule has 0 aliphatic rings. The molecule has 0 amide bonds. The molecule has 12 nitrogen and oxygen atoms in total. The Bertz CT molecular complexity index is 1460. The van der Waals surface area contributed by atoms with E-state index in [4.69, 9.17) is 20.9 Å². The predicted molar refractivity (Wildman–Crippen MR) is 186 cm³/mol. The molecular formula is C34H48N6O6. The summed E-state index contributed by atoms with van der Waals surface area (Å²) in [6.07, 6.45) is 3.36. The third-order valence-electron chi connectivity index (χ3n) is 7.50. The van der Waals surface area contributed by atoms with E-state index in [0.29, 0.717) is 47.5 Å². The molecule has 0 aliphatic carbocycles. The SMILES string of the molecule is CCCCOc1c(N)cc(C(C)(C)C)cc1Nc1cc(Nc2cc(C(C)(C)C)cc(N)c2OCCCC)c([N+](=O)[O-])cc1[N+](=O)[O-]. The molecule has 0 fully saturated rings. The van der Waals surface area contributed by atoms with Crippen LogP contribution in [0.3, 0.4) is 0 Å². The highest BCUT2D eigenvalue weighted by molar-refractivity contribution is 5.86. The van der Waals surface area contributed by atoms with Crippen molar-refractivity contribution in [1.82, 2.24) is 0 Å². The van der Waals surface area contributed by atoms with Crippen LogP contribution in [-0.4, -0.2) is 23.1 Å². The molecule has 46 heavy (non-hydrogen) atoms. The van der Waals surface area contributed by atoms with Gasteiger partial charge in [-0.2, -0.15) is 0 Å². The van der Waals surface area contributed by atoms with Gasteiger partial charge in [0.05, 0.1) is 51.9 Å². The molecule has 0 aliphatic heterocycles. The molecule has 0 radical (unpaired) electrons. The van der Waals surface area contributed by atoms with Crippen LogP contribution >= 0.6 is 0 Å². The fraction of sp³-hybridized carbons (Fsp3) is 0.471. The van der Waals surface area contributed by atoms with Gasteiger partial charge in [0, 0.05) is 0 Å². The lowest BCUT2D eigenvalue weighted by molar-refractivity contribution is -0.393. The number of nitrogens with one attached hydrogen (secondary N) is 2. The number of hydrogen-bond donors (Lipinski definition) is 4. The van der Waals surface area contributed by atoms with Crippen LogP contribution in [-0.2, 0) is 10.8 Å². The van der Waals surface area contributed by atoms with Crippen molar-refractivity contribution in [2.45, 2.75) is 91.9 Å². The van der Waals surface area contributed by atoms with Crippen molar-refractivity contribution in [1.29, 1.82) is 0 Å². The summed E-state index contributed by atoms with van der Waals surface area (Å²) in [5, 5.41) is 30.8. The van der Waals surface area contributed by atoms with Crippen LogP contribution in [0.15, 0.2) is 36.4 Å². The number of nitrogens with zero attached hydrogens (tertiary/aromatic N) is 2. The van der Waals surface area contributed by atoms with Gasteiger partial charge in [0.25, 0.3) is 11.4 Å². The van der Waals surface area contributed by atoms with E-state index in [1.54, 1.807) is 0 Å². The van der Waals surface area contributed by atoms with Crippen molar-refractivity contribution in [3.8, 4) is 11.5 Å². The number of anilines is 6. The number of rotatable bonds is 14. The molecule has 0 saturated carbocycles. The topological polar surface area (TPSA) is 181 Å². The highest BCUT2D eigenvalue weighted by atomic mass is 16.6. The first kappa shape index (κ1) is 35.7. The van der Waals surface area contributed by atoms with Crippen LogP contribution < -0.4 is 31.6 Å². The molecule has 0 bridgehead atoms. The first-order valence-electron chi connectivity index (χ1n) is 15.6. The minimum absolute atomic E-state index is 0.0114. The first-order chi connectivity index (χ1) is 21.5. The molecule has 3 aromatic rings. The molecule has 250 valence electrons. The molecule has 6 N–H and O–H groups in total. The number of nitrogen functional groups attached to an aromatic ring is 2. The summed E-state index contributed by atoms with van der Waals surface area (Å²) in [6, 6.07) is 9.62. The Morgan fingerprint density at radius 2 is 1.00 bits per heavy atom. The second kappa shape index (κ2) is 14.6. The minimum atomic E-state index is -0.662. The quantitative estimate of drug-likeness (QED) is 0.0576. The average molecular weight is 637 g/mol. The number of ether oxygens (including phenoxy) is 2. The number of hydrogen-bond acceptors (Lipinski definition) is 10. The third-order valence-corrected chi connectivity index (χ3v) is 7.50. The van der Waals surface area contributed by atoms with Crippen molar-refractivity contribution in [2.24, 2.45) is 0 Å². The van der Waals surface area contributed by atoms with Gasteiger partial charge >= 0.3 is 0 Å². The van der Waals surface area contributed by atoms with E-state index in [2.05, 4.69) is 10.6 Å². The Kier molecular flexibility index (Phi) is 11.3. The standard InChI is InChI=1S/C34H48N6O6/c1-9-11-13-45-31-23(35)15-21(33(3,4)5)17-27(31)37-25-19-26(30(40(43)44)20-29(25)39(41)42)38-28-18-22(34(6,7)8)16-24(36)32(28)46-14-12-10-2/h15-20,37-38H,9-14,35-36H2,1-8H3. The summed E-state index contributed by atoms with van der Waals surface area (Å²) in [7, 11) is 0. The lowest BCUT2D eigenvalue weighted by Crippen LogP contribution is -2.14. The maximum atomic E-state index is 12.3. The second-order valence-electron chi connectivity index (χ2n) is 13.4. The van der Waals surface area contributed by atoms with Gasteiger partial charge in [-0.15, -0.1) is 0 Å². The molecule has 0 heterocycles. The van der Waals surface area contributed by atoms with Crippen molar-refractivity contribution >= 4 is 45.5 Å². The smallest absolute Gasteiger partial charge is 0.299 e. The molecule has 3 rings (SSSR count). The van der Waals surface area contributed by atoms with Gasteiger partial charge in [-0.05, 0) is 65.1 Å². The lowest BCUT2D eigenvalue weighted by Gasteiger charge is -2.24. The fourth-order valence-electron chi connectivity index (χ4n) is 4.68. The van der Waals surface area contributed by atoms with Gasteiger partial charge in [0.2, 0.25) is 0 Å². The van der Waals surface area contributed by atoms with Crippen LogP contribution in [0.4, 0.5) is 45.5 Å². The average Bonchev–Trinajstić information content (AvgIpc) is 2.94. The van der Waals surface area contributed by atoms with Crippen molar-refractivity contribution < 1.29 is 19.3 Å². The maximum absolute atomic E-state index is 12.3. The van der Waals surface area contributed by atoms with E-state index in [1.165, 1.54) is 6.07 Å². The van der Waals surface area contributed by atoms with E-state index < -0.39 is 21.2 Å². The summed E-state index contributed by atoms with van der Waals surface area (Å²) in [4.78, 5) is 23.2. The Labute approximate surface area is 271 Å². The highest BCUT2D eigenvalue weighted by Gasteiger charge is 2.28. The Balaban J connectivity index is 2.25. The number of unbranched alkanes of at least 4 members (excludes halogenated alkanes) is 2. The van der Waals surface area contributed by atoms with Gasteiger partial charge < -0.3 is 31.6 Å². The van der Waals surface area contributed by atoms with Crippen molar-refractivity contribution in [2.75, 3.05) is 35.3 Å². The zero-order valence-corrected chi connectivity index (χ0v) is 28.2. The number of nitro benzene ring substituents is 2. The molecule has 3 aromatic carbocycles. The highest BCUT2D eigenvalue weighted by Crippen LogP contribution is 2.45. The van der Waals surface area contributed by atoms with Gasteiger partial charge in [0.1, 0.15) is 11.4 Å². The largest absolute Gasteiger partial charge is 0.489 e. The summed E-state index contributed by atoms with van der Waals surface area (Å²) in [6.45, 7) is 17.0. The molecule has 0 aromatic heterocycles. The third kappa shape index (κ3) is 8.70. The fourth-order valence-corrected chi connectivity index (χ4v) is 4.68. The van der Waals surface area contributed by atoms with Crippen molar-refractivity contribution in [3.05, 3.63) is 67.8 Å². The summed E-state index contributed by atoms with van der Waals surface area (Å²) in [5.41, 5.74) is 14.7. The number of benzene rings is 3. The maximum Gasteiger partial charge on any atom is 0.299 e. The predicted octanol–water partition coefficient (Wildman–Crippen LogP) is 9.11. The molecular weight excluding hydrogens is 588 g/mol. The zero-order chi connectivity index (χ0) is 34.4. The van der Waals surface area contributed by atoms with E-state index in [1.807, 2.05) is 79.7 Å². The van der Waals surface area contributed by atoms with Gasteiger partial charge in [-0.25, -0.2) is 0 Å². The van der Waals surface area contributed by atoms with Crippen LogP contribution in [0.25, 0.3) is 0 Å². The van der Waals surface area contributed by atoms with E-state index in [-0.39, 0.29) is 22.2 Å². The van der Waals surface area contributed by atoms with Gasteiger partial charge in [0.15, 0.2) is 11.5 Å². The number of nitro groups is 2. The van der Waals surface area contributed by atoms with E-state index in [9.17, 15) is 20.2 Å². The van der Waals surface area contributed by atoms with Crippen LogP contribution in [0, 0.1) is 20.2 Å². The van der Waals surface area contributed by atoms with Crippen LogP contribution in [0.2, 0.25) is 0 Å². The Morgan fingerprint density at radius 3 is 1.30 bits per heavy atom. The Hall–Kier alpha value is -4.74. The summed E-state index contributed by atoms with van der Waals surface area (Å²) < 4.78 is 12.1. The second-order valence-corrected chi connectivity index (χ2v) is 13.4. The summed E-state index contributed by atoms with van der Waals surface area (Å²) in [5.74, 6) is 0.696. The molecule has 0 saturated heterocycles. The van der Waals surface area contributed by atoms with Crippen LogP contribution in [0.1, 0.15) is 92.2 Å². The molecule has 0 unspecified atom stereocenters. The number of nitrogens with two attached hydrogens (primary N) is 2. The molecule has 0 spiro atoms. The van der Waals surface area contributed by atoms with E-state index >= 15 is 0 Å². The monoisotopic (exact) mass is 636 g/mol. The van der Waals surface area contributed by atoms with E-state index in [0.717, 1.165) is 42.9 Å². The molecule has 12 heteroatoms. The van der Waals surface area contributed by atoms with Gasteiger partial charge in [-0.3, -0.25) is 20.2 Å². The Morgan fingerprint density at radius 1 is 0.630 bits per heavy atom. The normalized spacial score (nSPS) is 11.7. The zero-order valence-electron chi connectivity index (χ0n) is 28.2.